The third kappa shape index (κ3) is 5.71. The Morgan fingerprint density at radius 2 is 1.21 bits per heavy atom. The summed E-state index contributed by atoms with van der Waals surface area (Å²) in [6.07, 6.45) is 5.10. The van der Waals surface area contributed by atoms with Gasteiger partial charge in [0.1, 0.15) is 0 Å². The molecule has 38 heavy (non-hydrogen) atoms. The topological polar surface area (TPSA) is 9.23 Å². The van der Waals surface area contributed by atoms with Crippen LogP contribution in [-0.2, 0) is 12.8 Å². The van der Waals surface area contributed by atoms with Crippen molar-refractivity contribution in [1.29, 1.82) is 0 Å². The Balaban J connectivity index is 1.41. The van der Waals surface area contributed by atoms with E-state index in [2.05, 4.69) is 0 Å². The zero-order valence-corrected chi connectivity index (χ0v) is 21.7. The number of halogens is 6. The van der Waals surface area contributed by atoms with Crippen LogP contribution in [0.4, 0.5) is 26.3 Å². The molecule has 0 atom stereocenters. The molecule has 3 aromatic carbocycles. The summed E-state index contributed by atoms with van der Waals surface area (Å²) in [6, 6.07) is 8.43. The summed E-state index contributed by atoms with van der Waals surface area (Å²) in [4.78, 5) is 0. The molecule has 0 unspecified atom stereocenters. The molecule has 0 aliphatic heterocycles. The van der Waals surface area contributed by atoms with E-state index in [1.807, 2.05) is 6.92 Å². The molecule has 4 rings (SSSR count). The Labute approximate surface area is 219 Å². The first-order valence-corrected chi connectivity index (χ1v) is 13.3. The molecule has 0 amide bonds. The van der Waals surface area contributed by atoms with Crippen molar-refractivity contribution in [1.82, 2.24) is 0 Å². The predicted molar refractivity (Wildman–Crippen MR) is 136 cm³/mol. The second kappa shape index (κ2) is 12.3. The molecule has 204 valence electrons. The highest BCUT2D eigenvalue weighted by Gasteiger charge is 2.28. The van der Waals surface area contributed by atoms with Gasteiger partial charge in [0.15, 0.2) is 34.8 Å². The summed E-state index contributed by atoms with van der Waals surface area (Å²) in [5.74, 6) is -6.56. The molecule has 1 aliphatic carbocycles. The summed E-state index contributed by atoms with van der Waals surface area (Å²) in [7, 11) is 0. The van der Waals surface area contributed by atoms with E-state index in [0.717, 1.165) is 19.3 Å². The van der Waals surface area contributed by atoms with Gasteiger partial charge in [-0.25, -0.2) is 22.0 Å². The van der Waals surface area contributed by atoms with Crippen molar-refractivity contribution >= 4 is 0 Å². The molecular formula is C31H32F6O. The zero-order valence-electron chi connectivity index (χ0n) is 21.7. The molecule has 7 heteroatoms. The fourth-order valence-electron chi connectivity index (χ4n) is 5.50. The minimum atomic E-state index is -1.29. The van der Waals surface area contributed by atoms with E-state index in [-0.39, 0.29) is 40.9 Å². The van der Waals surface area contributed by atoms with Gasteiger partial charge in [0.25, 0.3) is 0 Å². The molecule has 1 aliphatic rings. The number of rotatable bonds is 9. The lowest BCUT2D eigenvalue weighted by Crippen LogP contribution is -2.16. The second-order valence-corrected chi connectivity index (χ2v) is 10.0. The number of hydrogen-bond acceptors (Lipinski definition) is 1. The Hall–Kier alpha value is -2.96. The molecule has 0 heterocycles. The Morgan fingerprint density at radius 1 is 0.632 bits per heavy atom. The van der Waals surface area contributed by atoms with E-state index in [4.69, 9.17) is 4.74 Å². The molecule has 0 N–H and O–H groups in total. The molecule has 1 nitrogen and oxygen atoms in total. The standard InChI is InChI=1S/C31H32F6O/c1-3-5-20-12-13-21(27(33)26(20)32)11-8-18-6-9-19(10-7-18)22-14-15-23(29(35)28(22)34)24-16-17-25(38-4-2)31(37)30(24)36/h12-19H,3-11H2,1-2H3. The van der Waals surface area contributed by atoms with Crippen molar-refractivity contribution in [3.63, 3.8) is 0 Å². The van der Waals surface area contributed by atoms with Crippen molar-refractivity contribution in [2.24, 2.45) is 5.92 Å². The quantitative estimate of drug-likeness (QED) is 0.249. The van der Waals surface area contributed by atoms with Gasteiger partial charge in [-0.15, -0.1) is 0 Å². The van der Waals surface area contributed by atoms with E-state index in [0.29, 0.717) is 43.2 Å². The van der Waals surface area contributed by atoms with Crippen molar-refractivity contribution < 1.29 is 31.1 Å². The minimum Gasteiger partial charge on any atom is -0.491 e. The second-order valence-electron chi connectivity index (χ2n) is 10.0. The van der Waals surface area contributed by atoms with Crippen molar-refractivity contribution in [2.75, 3.05) is 6.61 Å². The third-order valence-electron chi connectivity index (χ3n) is 7.62. The van der Waals surface area contributed by atoms with Gasteiger partial charge in [0.2, 0.25) is 5.82 Å². The monoisotopic (exact) mass is 534 g/mol. The van der Waals surface area contributed by atoms with Gasteiger partial charge in [-0.3, -0.25) is 0 Å². The summed E-state index contributed by atoms with van der Waals surface area (Å²) in [5, 5.41) is 0. The van der Waals surface area contributed by atoms with Gasteiger partial charge in [-0.2, -0.15) is 4.39 Å². The van der Waals surface area contributed by atoms with E-state index in [1.54, 1.807) is 19.1 Å². The fourth-order valence-corrected chi connectivity index (χ4v) is 5.50. The SMILES string of the molecule is CCCc1ccc(CCC2CCC(c3ccc(-c4ccc(OCC)c(F)c4F)c(F)c3F)CC2)c(F)c1F. The van der Waals surface area contributed by atoms with Gasteiger partial charge < -0.3 is 4.74 Å². The maximum absolute atomic E-state index is 15.1. The fraction of sp³-hybridized carbons (Fsp3) is 0.419. The van der Waals surface area contributed by atoms with Crippen LogP contribution in [0.25, 0.3) is 11.1 Å². The molecule has 1 saturated carbocycles. The number of aryl methyl sites for hydroxylation is 2. The normalized spacial score (nSPS) is 17.6. The molecule has 3 aromatic rings. The van der Waals surface area contributed by atoms with E-state index >= 15 is 8.78 Å². The van der Waals surface area contributed by atoms with Crippen LogP contribution in [0.2, 0.25) is 0 Å². The Kier molecular flexibility index (Phi) is 9.06. The van der Waals surface area contributed by atoms with Gasteiger partial charge in [-0.05, 0) is 92.5 Å². The van der Waals surface area contributed by atoms with Crippen LogP contribution >= 0.6 is 0 Å². The van der Waals surface area contributed by atoms with Crippen molar-refractivity contribution in [3.05, 3.63) is 88.0 Å². The van der Waals surface area contributed by atoms with Crippen LogP contribution in [0.1, 0.15) is 75.0 Å². The molecule has 0 bridgehead atoms. The molecular weight excluding hydrogens is 502 g/mol. The lowest BCUT2D eigenvalue weighted by Gasteiger charge is -2.29. The Bertz CT molecular complexity index is 1280. The first-order chi connectivity index (χ1) is 18.3. The van der Waals surface area contributed by atoms with Crippen LogP contribution in [0.15, 0.2) is 36.4 Å². The van der Waals surface area contributed by atoms with E-state index < -0.39 is 34.9 Å². The van der Waals surface area contributed by atoms with Gasteiger partial charge in [0.05, 0.1) is 6.61 Å². The molecule has 1 fully saturated rings. The summed E-state index contributed by atoms with van der Waals surface area (Å²) in [6.45, 7) is 3.68. The van der Waals surface area contributed by atoms with Gasteiger partial charge in [0, 0.05) is 11.1 Å². The molecule has 0 aromatic heterocycles. The average Bonchev–Trinajstić information content (AvgIpc) is 2.92. The summed E-state index contributed by atoms with van der Waals surface area (Å²) < 4.78 is 92.8. The lowest BCUT2D eigenvalue weighted by molar-refractivity contribution is 0.303. The molecule has 0 radical (unpaired) electrons. The van der Waals surface area contributed by atoms with Gasteiger partial charge >= 0.3 is 0 Å². The van der Waals surface area contributed by atoms with Crippen LogP contribution in [0, 0.1) is 40.8 Å². The van der Waals surface area contributed by atoms with Gasteiger partial charge in [-0.1, -0.05) is 37.6 Å². The summed E-state index contributed by atoms with van der Waals surface area (Å²) >= 11 is 0. The smallest absolute Gasteiger partial charge is 0.201 e. The van der Waals surface area contributed by atoms with Crippen LogP contribution in [0.3, 0.4) is 0 Å². The van der Waals surface area contributed by atoms with E-state index in [1.165, 1.54) is 24.3 Å². The summed E-state index contributed by atoms with van der Waals surface area (Å²) in [5.41, 5.74) is 0.259. The maximum Gasteiger partial charge on any atom is 0.201 e. The molecule has 0 saturated heterocycles. The van der Waals surface area contributed by atoms with E-state index in [9.17, 15) is 17.6 Å². The third-order valence-corrected chi connectivity index (χ3v) is 7.62. The zero-order chi connectivity index (χ0) is 27.4. The minimum absolute atomic E-state index is 0.136. The molecule has 0 spiro atoms. The number of benzene rings is 3. The van der Waals surface area contributed by atoms with Crippen LogP contribution in [-0.4, -0.2) is 6.61 Å². The lowest BCUT2D eigenvalue weighted by atomic mass is 9.76. The Morgan fingerprint density at radius 3 is 1.82 bits per heavy atom. The van der Waals surface area contributed by atoms with Crippen molar-refractivity contribution in [2.45, 2.75) is 71.1 Å². The first kappa shape index (κ1) is 28.1. The maximum atomic E-state index is 15.1. The predicted octanol–water partition coefficient (Wildman–Crippen LogP) is 9.45. The highest BCUT2D eigenvalue weighted by molar-refractivity contribution is 5.66. The largest absolute Gasteiger partial charge is 0.491 e. The first-order valence-electron chi connectivity index (χ1n) is 13.3. The van der Waals surface area contributed by atoms with Crippen LogP contribution in [0.5, 0.6) is 5.75 Å². The van der Waals surface area contributed by atoms with Crippen LogP contribution < -0.4 is 4.74 Å². The highest BCUT2D eigenvalue weighted by Crippen LogP contribution is 2.41. The number of hydrogen-bond donors (Lipinski definition) is 0. The highest BCUT2D eigenvalue weighted by atomic mass is 19.2. The van der Waals surface area contributed by atoms with Crippen molar-refractivity contribution in [3.8, 4) is 16.9 Å². The average molecular weight is 535 g/mol. The number of ether oxygens (including phenoxy) is 1.